The second kappa shape index (κ2) is 10.0. The number of benzene rings is 2. The van der Waals surface area contributed by atoms with Crippen molar-refractivity contribution in [2.75, 3.05) is 0 Å². The fourth-order valence-corrected chi connectivity index (χ4v) is 3.92. The zero-order valence-electron chi connectivity index (χ0n) is 16.9. The molecule has 5 heteroatoms. The van der Waals surface area contributed by atoms with E-state index in [0.29, 0.717) is 12.8 Å². The molecule has 1 atom stereocenters. The van der Waals surface area contributed by atoms with Crippen LogP contribution in [0.25, 0.3) is 0 Å². The first-order valence-electron chi connectivity index (χ1n) is 10.1. The summed E-state index contributed by atoms with van der Waals surface area (Å²) in [5.74, 6) is -1.75. The molecule has 2 aromatic rings. The molecule has 3 rings (SSSR count). The van der Waals surface area contributed by atoms with Crippen LogP contribution in [-0.4, -0.2) is 17.7 Å². The third-order valence-electron chi connectivity index (χ3n) is 5.56. The summed E-state index contributed by atoms with van der Waals surface area (Å²) in [5.41, 5.74) is 0.0642. The van der Waals surface area contributed by atoms with Crippen molar-refractivity contribution in [3.63, 3.8) is 0 Å². The standard InChI is InChI=1S/C25H26O5/c1-2-15-25(21-13-14-22(26)16-21,23(27)29-17-19-9-5-3-6-10-19)24(28)30-18-20-11-7-4-8-12-20/h2-12,21H,1,13-18H2. The smallest absolute Gasteiger partial charge is 0.324 e. The molecule has 0 saturated heterocycles. The molecule has 0 bridgehead atoms. The normalized spacial score (nSPS) is 16.1. The van der Waals surface area contributed by atoms with E-state index in [1.807, 2.05) is 60.7 Å². The van der Waals surface area contributed by atoms with Gasteiger partial charge in [0.1, 0.15) is 19.0 Å². The molecule has 1 saturated carbocycles. The minimum absolute atomic E-state index is 0.0418. The van der Waals surface area contributed by atoms with Crippen molar-refractivity contribution < 1.29 is 23.9 Å². The molecule has 0 aliphatic heterocycles. The van der Waals surface area contributed by atoms with Crippen LogP contribution in [-0.2, 0) is 37.1 Å². The first-order valence-corrected chi connectivity index (χ1v) is 10.1. The van der Waals surface area contributed by atoms with Crippen molar-refractivity contribution in [3.8, 4) is 0 Å². The fraction of sp³-hybridized carbons (Fsp3) is 0.320. The molecule has 5 nitrogen and oxygen atoms in total. The summed E-state index contributed by atoms with van der Waals surface area (Å²) in [6.07, 6.45) is 2.55. The van der Waals surface area contributed by atoms with Crippen LogP contribution in [0.15, 0.2) is 73.3 Å². The quantitative estimate of drug-likeness (QED) is 0.351. The van der Waals surface area contributed by atoms with Crippen molar-refractivity contribution in [1.29, 1.82) is 0 Å². The summed E-state index contributed by atoms with van der Waals surface area (Å²) >= 11 is 0. The molecule has 1 aliphatic carbocycles. The average molecular weight is 406 g/mol. The Morgan fingerprint density at radius 1 is 0.933 bits per heavy atom. The Hall–Kier alpha value is -3.21. The lowest BCUT2D eigenvalue weighted by atomic mass is 9.71. The van der Waals surface area contributed by atoms with Crippen LogP contribution in [0.4, 0.5) is 0 Å². The highest BCUT2D eigenvalue weighted by Crippen LogP contribution is 2.44. The largest absolute Gasteiger partial charge is 0.460 e. The van der Waals surface area contributed by atoms with Gasteiger partial charge in [-0.2, -0.15) is 0 Å². The number of ether oxygens (including phenoxy) is 2. The predicted molar refractivity (Wildman–Crippen MR) is 112 cm³/mol. The van der Waals surface area contributed by atoms with E-state index in [1.165, 1.54) is 6.08 Å². The number of carbonyl (C=O) groups excluding carboxylic acids is 3. The second-order valence-electron chi connectivity index (χ2n) is 7.57. The number of ketones is 1. The molecule has 1 aliphatic rings. The second-order valence-corrected chi connectivity index (χ2v) is 7.57. The van der Waals surface area contributed by atoms with Crippen LogP contribution >= 0.6 is 0 Å². The SMILES string of the molecule is C=CCC(C(=O)OCc1ccccc1)(C(=O)OCc1ccccc1)C1CCC(=O)C1. The highest BCUT2D eigenvalue weighted by molar-refractivity contribution is 6.01. The molecule has 1 fully saturated rings. The minimum atomic E-state index is -1.57. The molecule has 156 valence electrons. The fourth-order valence-electron chi connectivity index (χ4n) is 3.92. The maximum absolute atomic E-state index is 13.3. The van der Waals surface area contributed by atoms with E-state index in [0.717, 1.165) is 11.1 Å². The van der Waals surface area contributed by atoms with Crippen molar-refractivity contribution in [2.45, 2.75) is 38.9 Å². The van der Waals surface area contributed by atoms with Gasteiger partial charge in [0.05, 0.1) is 0 Å². The van der Waals surface area contributed by atoms with Gasteiger partial charge in [-0.25, -0.2) is 0 Å². The van der Waals surface area contributed by atoms with Crippen LogP contribution < -0.4 is 0 Å². The first-order chi connectivity index (χ1) is 14.6. The molecule has 0 heterocycles. The summed E-state index contributed by atoms with van der Waals surface area (Å²) in [5, 5.41) is 0. The average Bonchev–Trinajstić information content (AvgIpc) is 3.22. The van der Waals surface area contributed by atoms with E-state index >= 15 is 0 Å². The number of hydrogen-bond acceptors (Lipinski definition) is 5. The maximum atomic E-state index is 13.3. The summed E-state index contributed by atoms with van der Waals surface area (Å²) in [6.45, 7) is 3.83. The lowest BCUT2D eigenvalue weighted by molar-refractivity contribution is -0.179. The van der Waals surface area contributed by atoms with Crippen molar-refractivity contribution >= 4 is 17.7 Å². The van der Waals surface area contributed by atoms with Gasteiger partial charge in [0, 0.05) is 12.8 Å². The van der Waals surface area contributed by atoms with E-state index < -0.39 is 23.3 Å². The van der Waals surface area contributed by atoms with Crippen molar-refractivity contribution in [2.24, 2.45) is 11.3 Å². The molecular weight excluding hydrogens is 380 g/mol. The monoisotopic (exact) mass is 406 g/mol. The van der Waals surface area contributed by atoms with Crippen LogP contribution in [0.5, 0.6) is 0 Å². The van der Waals surface area contributed by atoms with Gasteiger partial charge in [0.2, 0.25) is 0 Å². The third-order valence-corrected chi connectivity index (χ3v) is 5.56. The molecule has 0 N–H and O–H groups in total. The minimum Gasteiger partial charge on any atom is -0.460 e. The summed E-state index contributed by atoms with van der Waals surface area (Å²) < 4.78 is 11.1. The Kier molecular flexibility index (Phi) is 7.17. The Morgan fingerprint density at radius 2 is 1.43 bits per heavy atom. The maximum Gasteiger partial charge on any atom is 0.324 e. The van der Waals surface area contributed by atoms with Gasteiger partial charge >= 0.3 is 11.9 Å². The van der Waals surface area contributed by atoms with Gasteiger partial charge in [0.25, 0.3) is 0 Å². The molecule has 1 unspecified atom stereocenters. The van der Waals surface area contributed by atoms with E-state index in [-0.39, 0.29) is 31.8 Å². The molecule has 30 heavy (non-hydrogen) atoms. The van der Waals surface area contributed by atoms with Gasteiger partial charge in [0.15, 0.2) is 5.41 Å². The van der Waals surface area contributed by atoms with Gasteiger partial charge in [-0.3, -0.25) is 14.4 Å². The Balaban J connectivity index is 1.83. The molecule has 0 amide bonds. The highest BCUT2D eigenvalue weighted by atomic mass is 16.6. The van der Waals surface area contributed by atoms with Crippen molar-refractivity contribution in [3.05, 3.63) is 84.4 Å². The van der Waals surface area contributed by atoms with E-state index in [1.54, 1.807) is 0 Å². The molecule has 0 spiro atoms. The Labute approximate surface area is 176 Å². The molecule has 0 radical (unpaired) electrons. The third kappa shape index (κ3) is 4.85. The van der Waals surface area contributed by atoms with Crippen LogP contribution in [0, 0.1) is 11.3 Å². The molecule has 2 aromatic carbocycles. The molecular formula is C25H26O5. The highest BCUT2D eigenvalue weighted by Gasteiger charge is 2.55. The van der Waals surface area contributed by atoms with Gasteiger partial charge < -0.3 is 9.47 Å². The lowest BCUT2D eigenvalue weighted by Gasteiger charge is -2.33. The zero-order valence-corrected chi connectivity index (χ0v) is 16.9. The number of carbonyl (C=O) groups is 3. The number of hydrogen-bond donors (Lipinski definition) is 0. The first kappa shape index (κ1) is 21.5. The van der Waals surface area contributed by atoms with Crippen LogP contribution in [0.2, 0.25) is 0 Å². The topological polar surface area (TPSA) is 69.7 Å². The summed E-state index contributed by atoms with van der Waals surface area (Å²) in [4.78, 5) is 38.6. The predicted octanol–water partition coefficient (Wildman–Crippen LogP) is 4.40. The summed E-state index contributed by atoms with van der Waals surface area (Å²) in [7, 11) is 0. The Morgan fingerprint density at radius 3 is 1.83 bits per heavy atom. The lowest BCUT2D eigenvalue weighted by Crippen LogP contribution is -2.47. The van der Waals surface area contributed by atoms with E-state index in [2.05, 4.69) is 6.58 Å². The van der Waals surface area contributed by atoms with Crippen LogP contribution in [0.3, 0.4) is 0 Å². The number of allylic oxidation sites excluding steroid dienone is 1. The zero-order chi connectivity index (χ0) is 21.4. The number of Topliss-reactive ketones (excluding diaryl/α,β-unsaturated/α-hetero) is 1. The molecule has 0 aromatic heterocycles. The van der Waals surface area contributed by atoms with E-state index in [4.69, 9.17) is 9.47 Å². The van der Waals surface area contributed by atoms with Gasteiger partial charge in [-0.05, 0) is 29.9 Å². The van der Waals surface area contributed by atoms with Gasteiger partial charge in [-0.15, -0.1) is 6.58 Å². The van der Waals surface area contributed by atoms with Crippen molar-refractivity contribution in [1.82, 2.24) is 0 Å². The summed E-state index contributed by atoms with van der Waals surface area (Å²) in [6, 6.07) is 18.5. The van der Waals surface area contributed by atoms with Crippen LogP contribution in [0.1, 0.15) is 36.8 Å². The number of esters is 2. The number of rotatable bonds is 9. The van der Waals surface area contributed by atoms with E-state index in [9.17, 15) is 14.4 Å². The Bertz CT molecular complexity index is 833. The van der Waals surface area contributed by atoms with Gasteiger partial charge in [-0.1, -0.05) is 66.7 Å².